The normalized spacial score (nSPS) is 14.4. The van der Waals surface area contributed by atoms with Crippen molar-refractivity contribution < 1.29 is 0 Å². The molecule has 26 valence electrons. The molecular weight excluding hydrogens is 60.1 g/mol. The van der Waals surface area contributed by atoms with Crippen molar-refractivity contribution in [2.45, 2.75) is 19.3 Å². The Morgan fingerprint density at radius 2 is 0.800 bits per heavy atom. The molecule has 1 rings (SSSR count). The lowest BCUT2D eigenvalue weighted by Crippen LogP contribution is -0.856. The van der Waals surface area contributed by atoms with E-state index < -0.39 is 0 Å². The molecular formula is C5H6. The Morgan fingerprint density at radius 3 is 0.800 bits per heavy atom. The first kappa shape index (κ1) is 8.89. The van der Waals surface area contributed by atoms with Gasteiger partial charge < -0.3 is 0 Å². The van der Waals surface area contributed by atoms with E-state index in [2.05, 4.69) is 0 Å². The Labute approximate surface area is 35.2 Å². The summed E-state index contributed by atoms with van der Waals surface area (Å²) in [4.78, 5) is 0. The minimum Gasteiger partial charge on any atom is -0.0533 e. The van der Waals surface area contributed by atoms with Crippen molar-refractivity contribution in [2.75, 3.05) is 0 Å². The predicted molar refractivity (Wildman–Crippen MR) is 20.3 cm³/mol. The molecule has 8 radical (unpaired) electrons. The lowest BCUT2D eigenvalue weighted by atomic mass is 11.0. The van der Waals surface area contributed by atoms with Crippen LogP contribution in [-0.4, -0.2) is 0 Å². The maximum Gasteiger partial charge on any atom is 0 e. The third-order valence-electron chi connectivity index (χ3n) is 0.354. The van der Waals surface area contributed by atoms with Crippen LogP contribution >= 0.6 is 0 Å². The van der Waals surface area contributed by atoms with Crippen molar-refractivity contribution >= 4 is 0 Å². The molecule has 0 aromatic rings. The Hall–Kier alpha value is 0. The van der Waals surface area contributed by atoms with E-state index in [0.29, 0.717) is 0 Å². The van der Waals surface area contributed by atoms with E-state index in [1.54, 1.807) is 0 Å². The largest absolute Gasteiger partial charge is 0.0533 e. The fourth-order valence-electron chi connectivity index (χ4n) is 0. The Morgan fingerprint density at radius 1 is 0.600 bits per heavy atom. The first-order valence-electron chi connectivity index (χ1n) is 1.50. The molecule has 0 heteroatoms. The van der Waals surface area contributed by atoms with Crippen molar-refractivity contribution in [3.63, 3.8) is 0 Å². The molecule has 0 unspecified atom stereocenters. The van der Waals surface area contributed by atoms with E-state index in [-0.39, 0.29) is 14.9 Å². The lowest BCUT2D eigenvalue weighted by Gasteiger charge is -1.05. The van der Waals surface area contributed by atoms with Crippen LogP contribution in [0.2, 0.25) is 0 Å². The second-order valence-electron chi connectivity index (χ2n) is 1.06. The summed E-state index contributed by atoms with van der Waals surface area (Å²) in [5, 5.41) is 0. The van der Waals surface area contributed by atoms with Gasteiger partial charge in [-0.05, 0) is 0 Å². The zero-order chi connectivity index (χ0) is 2.12. The fourth-order valence-corrected chi connectivity index (χ4v) is 0. The van der Waals surface area contributed by atoms with Crippen LogP contribution in [0.15, 0.2) is 0 Å². The van der Waals surface area contributed by atoms with Gasteiger partial charge in [-0.25, -0.2) is 0 Å². The van der Waals surface area contributed by atoms with Crippen LogP contribution in [-0.2, 0) is 0 Å². The summed E-state index contributed by atoms with van der Waals surface area (Å²) in [5.74, 6) is 0. The van der Waals surface area contributed by atoms with E-state index in [9.17, 15) is 0 Å². The van der Waals surface area contributed by atoms with Gasteiger partial charge in [0.1, 0.15) is 0 Å². The molecule has 0 bridgehead atoms. The van der Waals surface area contributed by atoms with E-state index in [0.717, 1.165) is 0 Å². The van der Waals surface area contributed by atoms with Crippen LogP contribution < -0.4 is 0 Å². The standard InChI is InChI=1S/C3H6.2C/c1-2-3-1;;/h1-3H2;;. The topological polar surface area (TPSA) is 0 Å². The third-order valence-corrected chi connectivity index (χ3v) is 0.354. The molecule has 1 aliphatic rings. The van der Waals surface area contributed by atoms with Gasteiger partial charge in [-0.2, -0.15) is 0 Å². The summed E-state index contributed by atoms with van der Waals surface area (Å²) in [6.45, 7) is 0. The monoisotopic (exact) mass is 66.0 g/mol. The highest BCUT2D eigenvalue weighted by molar-refractivity contribution is 4.50. The van der Waals surface area contributed by atoms with E-state index >= 15 is 0 Å². The molecule has 0 aromatic carbocycles. The zero-order valence-electron chi connectivity index (χ0n) is 3.12. The number of rotatable bonds is 0. The van der Waals surface area contributed by atoms with Gasteiger partial charge in [0.2, 0.25) is 0 Å². The van der Waals surface area contributed by atoms with Gasteiger partial charge in [-0.3, -0.25) is 0 Å². The molecule has 0 aromatic heterocycles. The quantitative estimate of drug-likeness (QED) is 0.400. The van der Waals surface area contributed by atoms with E-state index in [4.69, 9.17) is 0 Å². The van der Waals surface area contributed by atoms with Crippen LogP contribution in [0.1, 0.15) is 19.3 Å². The average molecular weight is 66.1 g/mol. The van der Waals surface area contributed by atoms with Crippen LogP contribution in [0.3, 0.4) is 0 Å². The van der Waals surface area contributed by atoms with Crippen molar-refractivity contribution in [3.8, 4) is 0 Å². The Balaban J connectivity index is 0. The minimum atomic E-state index is 0. The highest BCUT2D eigenvalue weighted by Gasteiger charge is 1.95. The smallest absolute Gasteiger partial charge is 0 e. The highest BCUT2D eigenvalue weighted by atomic mass is 14.0. The summed E-state index contributed by atoms with van der Waals surface area (Å²) in [6, 6.07) is 0. The second kappa shape index (κ2) is 4.00. The molecule has 1 fully saturated rings. The molecule has 0 N–H and O–H groups in total. The van der Waals surface area contributed by atoms with Gasteiger partial charge in [-0.15, -0.1) is 0 Å². The maximum atomic E-state index is 1.50. The first-order valence-corrected chi connectivity index (χ1v) is 1.50. The van der Waals surface area contributed by atoms with Crippen LogP contribution in [0.5, 0.6) is 0 Å². The van der Waals surface area contributed by atoms with Gasteiger partial charge in [0.25, 0.3) is 0 Å². The van der Waals surface area contributed by atoms with Gasteiger partial charge in [0.15, 0.2) is 0 Å². The summed E-state index contributed by atoms with van der Waals surface area (Å²) in [6.07, 6.45) is 4.50. The highest BCUT2D eigenvalue weighted by Crippen LogP contribution is 2.14. The maximum absolute atomic E-state index is 1.50. The molecule has 0 nitrogen and oxygen atoms in total. The minimum absolute atomic E-state index is 0. The zero-order valence-corrected chi connectivity index (χ0v) is 3.12. The second-order valence-corrected chi connectivity index (χ2v) is 1.06. The summed E-state index contributed by atoms with van der Waals surface area (Å²) >= 11 is 0. The molecule has 0 heterocycles. The predicted octanol–water partition coefficient (Wildman–Crippen LogP) is 1.33. The lowest BCUT2D eigenvalue weighted by molar-refractivity contribution is 1.50. The molecule has 0 atom stereocenters. The van der Waals surface area contributed by atoms with Gasteiger partial charge in [-0.1, -0.05) is 19.3 Å². The molecule has 0 saturated heterocycles. The van der Waals surface area contributed by atoms with Gasteiger partial charge in [0.05, 0.1) is 0 Å². The average Bonchev–Trinajstić information content (AvgIpc) is 1.46. The van der Waals surface area contributed by atoms with Crippen LogP contribution in [0.25, 0.3) is 0 Å². The summed E-state index contributed by atoms with van der Waals surface area (Å²) in [5.41, 5.74) is 0. The molecule has 1 aliphatic carbocycles. The van der Waals surface area contributed by atoms with E-state index in [1.807, 2.05) is 0 Å². The third kappa shape index (κ3) is 16.0. The van der Waals surface area contributed by atoms with Crippen molar-refractivity contribution in [2.24, 2.45) is 0 Å². The number of hydrogen-bond donors (Lipinski definition) is 0. The molecule has 0 amide bonds. The van der Waals surface area contributed by atoms with Crippen LogP contribution in [0.4, 0.5) is 0 Å². The Bertz CT molecular complexity index is 4.75. The van der Waals surface area contributed by atoms with Crippen molar-refractivity contribution in [1.82, 2.24) is 0 Å². The summed E-state index contributed by atoms with van der Waals surface area (Å²) in [7, 11) is 0. The van der Waals surface area contributed by atoms with E-state index in [1.165, 1.54) is 19.3 Å². The molecule has 0 aliphatic heterocycles. The number of hydrogen-bond acceptors (Lipinski definition) is 0. The van der Waals surface area contributed by atoms with Gasteiger partial charge >= 0.3 is 0 Å². The van der Waals surface area contributed by atoms with Gasteiger partial charge in [0, 0.05) is 14.9 Å². The molecule has 5 heavy (non-hydrogen) atoms. The van der Waals surface area contributed by atoms with Crippen molar-refractivity contribution in [3.05, 3.63) is 14.9 Å². The Kier molecular flexibility index (Phi) is 7.11. The van der Waals surface area contributed by atoms with Crippen LogP contribution in [0, 0.1) is 14.9 Å². The summed E-state index contributed by atoms with van der Waals surface area (Å²) < 4.78 is 0. The molecule has 1 saturated carbocycles. The molecule has 0 spiro atoms. The first-order chi connectivity index (χ1) is 1.50. The fraction of sp³-hybridized carbons (Fsp3) is 0.600. The van der Waals surface area contributed by atoms with Crippen molar-refractivity contribution in [1.29, 1.82) is 0 Å². The SMILES string of the molecule is C1CC1.[C].[C].